The van der Waals surface area contributed by atoms with Crippen LogP contribution in [0.15, 0.2) is 84.9 Å². The number of aromatic hydroxyl groups is 2. The number of phenolic OH excluding ortho intramolecular Hbond substituents is 2. The van der Waals surface area contributed by atoms with Gasteiger partial charge in [0.25, 0.3) is 11.8 Å². The zero-order valence-electron chi connectivity index (χ0n) is 46.3. The van der Waals surface area contributed by atoms with E-state index in [1.807, 2.05) is 18.2 Å². The lowest BCUT2D eigenvalue weighted by Gasteiger charge is -2.42. The third-order valence-electron chi connectivity index (χ3n) is 15.4. The monoisotopic (exact) mass is 1160 g/mol. The van der Waals surface area contributed by atoms with Crippen molar-refractivity contribution in [1.82, 2.24) is 20.9 Å². The second kappa shape index (κ2) is 27.3. The molecule has 24 heteroatoms. The van der Waals surface area contributed by atoms with Gasteiger partial charge in [0, 0.05) is 73.2 Å². The van der Waals surface area contributed by atoms with E-state index in [-0.39, 0.29) is 84.6 Å². The number of aliphatic hydroxyl groups is 3. The van der Waals surface area contributed by atoms with Gasteiger partial charge in [0.05, 0.1) is 42.0 Å². The van der Waals surface area contributed by atoms with E-state index in [4.69, 9.17) is 24.7 Å². The first kappa shape index (κ1) is 61.7. The van der Waals surface area contributed by atoms with Crippen molar-refractivity contribution in [2.45, 2.75) is 132 Å². The highest BCUT2D eigenvalue weighted by Crippen LogP contribution is 2.52. The molecule has 2 aliphatic heterocycles. The van der Waals surface area contributed by atoms with Crippen LogP contribution in [-0.4, -0.2) is 152 Å². The number of alkyl carbamates (subject to hydrolysis) is 1. The van der Waals surface area contributed by atoms with Gasteiger partial charge < -0.3 is 71.5 Å². The van der Waals surface area contributed by atoms with Gasteiger partial charge in [-0.25, -0.2) is 4.79 Å². The number of anilines is 1. The summed E-state index contributed by atoms with van der Waals surface area (Å²) in [7, 11) is 1.29. The summed E-state index contributed by atoms with van der Waals surface area (Å²) in [4.78, 5) is 120. The standard InChI is InChI=1S/C60H68N6O18/c1-32-52(72)39(27-47(83-32)84-42-29-60(80,43(68)30-67)28-37-49(42)56(76)51-50(54(37)74)53(73)36-14-11-16-41(81-2)48(36)55(51)75)65-59(79)82-31-34-18-20-35(21-19-34)62-57(77)38(15-8-9-24-61)64-58(78)40(26-33-12-5-3-6-13-33)63-44(69)17-7-4-10-25-66-45(70)22-23-46(66)71/h3,5-6,11-14,16,18-23,32,38-40,42,47,52,67,72,74,76,80H,4,7-10,15,17,24-31,61H2,1-2H3,(H,62,77)(H,63,69)(H,64,78)(H,65,79)/t32-,38?,39-,40?,42-,47-,52+,60-/m1/s1. The number of hydrogen-bond donors (Lipinski definition) is 10. The smallest absolute Gasteiger partial charge is 0.407 e. The fourth-order valence-electron chi connectivity index (χ4n) is 10.9. The number of Topliss-reactive ketones (excluding diaryl/α,β-unsaturated/α-hetero) is 1. The van der Waals surface area contributed by atoms with E-state index in [9.17, 15) is 68.7 Å². The number of rotatable bonds is 25. The van der Waals surface area contributed by atoms with Gasteiger partial charge in [-0.05, 0) is 74.9 Å². The first-order valence-electron chi connectivity index (χ1n) is 27.7. The number of carbonyl (C=O) groups is 9. The lowest BCUT2D eigenvalue weighted by atomic mass is 9.72. The van der Waals surface area contributed by atoms with Gasteiger partial charge >= 0.3 is 6.09 Å². The Morgan fingerprint density at radius 3 is 2.21 bits per heavy atom. The van der Waals surface area contributed by atoms with Crippen LogP contribution in [0.3, 0.4) is 0 Å². The number of amides is 6. The number of fused-ring (bicyclic) bond motifs is 3. The van der Waals surface area contributed by atoms with Crippen molar-refractivity contribution < 1.29 is 87.6 Å². The highest BCUT2D eigenvalue weighted by atomic mass is 16.7. The number of hydrogen-bond acceptors (Lipinski definition) is 19. The topological polar surface area (TPSA) is 369 Å². The number of carbonyl (C=O) groups excluding carboxylic acids is 9. The number of ketones is 3. The Morgan fingerprint density at radius 2 is 1.52 bits per heavy atom. The predicted molar refractivity (Wildman–Crippen MR) is 297 cm³/mol. The summed E-state index contributed by atoms with van der Waals surface area (Å²) in [6.07, 6.45) is -2.41. The molecule has 0 saturated carbocycles. The maximum Gasteiger partial charge on any atom is 0.407 e. The normalized spacial score (nSPS) is 21.4. The summed E-state index contributed by atoms with van der Waals surface area (Å²) in [6, 6.07) is 16.4. The Bertz CT molecular complexity index is 3190. The van der Waals surface area contributed by atoms with Crippen LogP contribution in [0.1, 0.15) is 125 Å². The van der Waals surface area contributed by atoms with Crippen LogP contribution in [0.2, 0.25) is 0 Å². The minimum Gasteiger partial charge on any atom is -0.507 e. The maximum atomic E-state index is 14.1. The zero-order chi connectivity index (χ0) is 60.4. The van der Waals surface area contributed by atoms with Crippen molar-refractivity contribution in [2.75, 3.05) is 32.1 Å². The van der Waals surface area contributed by atoms with E-state index >= 15 is 0 Å². The molecule has 4 aliphatic rings. The molecule has 1 fully saturated rings. The largest absolute Gasteiger partial charge is 0.507 e. The van der Waals surface area contributed by atoms with Crippen molar-refractivity contribution in [2.24, 2.45) is 5.73 Å². The SMILES string of the molecule is COc1cccc2c1C(=O)c1c(O)c3c(c(O)c1C2=O)C[C@](O)(C(=O)CO)C[C@H]3O[C@@H]1C[C@@H](NC(=O)OCc2ccc(NC(=O)C(CCCCN)NC(=O)C(Cc3ccccc3)NC(=O)CCCCCN3C(=O)C=CC3=O)cc2)[C@@H](O)[C@@H](C)O1. The van der Waals surface area contributed by atoms with Crippen LogP contribution in [-0.2, 0) is 62.4 Å². The van der Waals surface area contributed by atoms with Crippen molar-refractivity contribution >= 4 is 58.7 Å². The van der Waals surface area contributed by atoms with Crippen LogP contribution in [0.25, 0.3) is 0 Å². The molecule has 2 aliphatic carbocycles. The van der Waals surface area contributed by atoms with Gasteiger partial charge in [-0.2, -0.15) is 0 Å². The number of nitrogens with one attached hydrogen (secondary N) is 4. The molecule has 0 spiro atoms. The summed E-state index contributed by atoms with van der Waals surface area (Å²) < 4.78 is 23.1. The number of nitrogens with zero attached hydrogens (tertiary/aromatic N) is 1. The molecule has 8 rings (SSSR count). The van der Waals surface area contributed by atoms with Gasteiger partial charge in [-0.3, -0.25) is 43.3 Å². The molecule has 24 nitrogen and oxygen atoms in total. The first-order valence-corrected chi connectivity index (χ1v) is 27.7. The molecular weight excluding hydrogens is 1090 g/mol. The number of imide groups is 1. The molecular formula is C60H68N6O18. The van der Waals surface area contributed by atoms with Crippen molar-refractivity contribution in [3.8, 4) is 17.2 Å². The summed E-state index contributed by atoms with van der Waals surface area (Å²) in [5, 5.41) is 67.4. The summed E-state index contributed by atoms with van der Waals surface area (Å²) in [5.74, 6) is -6.59. The molecule has 8 atom stereocenters. The molecule has 4 aromatic carbocycles. The number of benzene rings is 4. The number of ether oxygens (including phenoxy) is 4. The van der Waals surface area contributed by atoms with Gasteiger partial charge in [-0.15, -0.1) is 0 Å². The molecule has 0 radical (unpaired) electrons. The van der Waals surface area contributed by atoms with Crippen molar-refractivity contribution in [3.63, 3.8) is 0 Å². The number of phenols is 2. The van der Waals surface area contributed by atoms with E-state index in [1.165, 1.54) is 44.4 Å². The van der Waals surface area contributed by atoms with E-state index in [1.54, 1.807) is 36.4 Å². The molecule has 0 bridgehead atoms. The maximum absolute atomic E-state index is 14.1. The molecule has 0 aromatic heterocycles. The molecule has 1 saturated heterocycles. The third-order valence-corrected chi connectivity index (χ3v) is 15.4. The first-order chi connectivity index (χ1) is 40.2. The number of nitrogens with two attached hydrogens (primary N) is 1. The lowest BCUT2D eigenvalue weighted by molar-refractivity contribution is -0.249. The molecule has 6 amide bonds. The minimum absolute atomic E-state index is 0.0258. The molecule has 446 valence electrons. The number of methoxy groups -OCH3 is 1. The number of unbranched alkanes of at least 4 members (excludes halogenated alkanes) is 3. The average Bonchev–Trinajstić information content (AvgIpc) is 1.06. The summed E-state index contributed by atoms with van der Waals surface area (Å²) in [5.41, 5.74) is 2.97. The molecule has 2 unspecified atom stereocenters. The average molecular weight is 1160 g/mol. The zero-order valence-corrected chi connectivity index (χ0v) is 46.3. The Hall–Kier alpha value is -8.39. The highest BCUT2D eigenvalue weighted by Gasteiger charge is 2.50. The van der Waals surface area contributed by atoms with E-state index in [0.717, 1.165) is 10.5 Å². The Labute approximate surface area is 482 Å². The van der Waals surface area contributed by atoms with Gasteiger partial charge in [-0.1, -0.05) is 61.0 Å². The van der Waals surface area contributed by atoms with Crippen LogP contribution in [0.5, 0.6) is 17.2 Å². The second-order valence-electron chi connectivity index (χ2n) is 21.1. The Morgan fingerprint density at radius 1 is 0.810 bits per heavy atom. The fraction of sp³-hybridized carbons (Fsp3) is 0.417. The van der Waals surface area contributed by atoms with Crippen molar-refractivity contribution in [1.29, 1.82) is 0 Å². The molecule has 4 aromatic rings. The van der Waals surface area contributed by atoms with Crippen LogP contribution < -0.4 is 31.7 Å². The summed E-state index contributed by atoms with van der Waals surface area (Å²) >= 11 is 0. The highest BCUT2D eigenvalue weighted by molar-refractivity contribution is 6.31. The number of aliphatic hydroxyl groups excluding tert-OH is 2. The van der Waals surface area contributed by atoms with Crippen LogP contribution in [0.4, 0.5) is 10.5 Å². The van der Waals surface area contributed by atoms with E-state index < -0.39 is 126 Å². The predicted octanol–water partition coefficient (Wildman–Crippen LogP) is 2.73. The minimum atomic E-state index is -2.41. The Balaban J connectivity index is 0.880. The quantitative estimate of drug-likeness (QED) is 0.0228. The molecule has 2 heterocycles. The van der Waals surface area contributed by atoms with Crippen molar-refractivity contribution in [3.05, 3.63) is 129 Å². The molecule has 11 N–H and O–H groups in total. The van der Waals surface area contributed by atoms with Crippen LogP contribution in [0, 0.1) is 0 Å². The Kier molecular flexibility index (Phi) is 20.1. The second-order valence-corrected chi connectivity index (χ2v) is 21.1. The third kappa shape index (κ3) is 14.0. The fourth-order valence-corrected chi connectivity index (χ4v) is 10.9. The van der Waals surface area contributed by atoms with Crippen LogP contribution >= 0.6 is 0 Å². The molecule has 84 heavy (non-hydrogen) atoms. The van der Waals surface area contributed by atoms with Gasteiger partial charge in [0.1, 0.15) is 54.3 Å². The van der Waals surface area contributed by atoms with Gasteiger partial charge in [0.2, 0.25) is 23.5 Å². The van der Waals surface area contributed by atoms with Gasteiger partial charge in [0.15, 0.2) is 17.9 Å². The summed E-state index contributed by atoms with van der Waals surface area (Å²) in [6.45, 7) is 0.659. The lowest BCUT2D eigenvalue weighted by Crippen LogP contribution is -2.56. The van der Waals surface area contributed by atoms with E-state index in [0.29, 0.717) is 49.9 Å². The van der Waals surface area contributed by atoms with E-state index in [2.05, 4.69) is 21.3 Å².